The average Bonchev–Trinajstić information content (AvgIpc) is 2.77. The molecule has 2 heterocycles. The molecule has 2 aromatic rings. The first-order valence-corrected chi connectivity index (χ1v) is 6.84. The molecule has 1 N–H and O–H groups in total. The molecule has 0 bridgehead atoms. The Balaban J connectivity index is 2.15. The molecular formula is C16H18N2O2. The van der Waals surface area contributed by atoms with Gasteiger partial charge >= 0.3 is 5.97 Å². The first kappa shape index (κ1) is 12.9. The number of anilines is 1. The van der Waals surface area contributed by atoms with E-state index in [1.807, 2.05) is 24.3 Å². The molecule has 1 aliphatic heterocycles. The molecule has 20 heavy (non-hydrogen) atoms. The molecule has 0 saturated carbocycles. The second kappa shape index (κ2) is 4.47. The van der Waals surface area contributed by atoms with Crippen molar-refractivity contribution in [2.24, 2.45) is 5.41 Å². The van der Waals surface area contributed by atoms with E-state index in [1.165, 1.54) is 0 Å². The van der Waals surface area contributed by atoms with Gasteiger partial charge in [-0.2, -0.15) is 0 Å². The molecule has 1 aromatic heterocycles. The molecule has 0 spiro atoms. The molecular weight excluding hydrogens is 252 g/mol. The zero-order valence-corrected chi connectivity index (χ0v) is 11.8. The van der Waals surface area contributed by atoms with Gasteiger partial charge in [0.1, 0.15) is 0 Å². The third kappa shape index (κ3) is 2.22. The minimum atomic E-state index is -0.976. The molecule has 1 aliphatic rings. The predicted molar refractivity (Wildman–Crippen MR) is 79.3 cm³/mol. The summed E-state index contributed by atoms with van der Waals surface area (Å²) in [5, 5.41) is 10.3. The fourth-order valence-electron chi connectivity index (χ4n) is 2.85. The van der Waals surface area contributed by atoms with Crippen LogP contribution >= 0.6 is 0 Å². The molecule has 4 heteroatoms. The lowest BCUT2D eigenvalue weighted by atomic mass is 9.93. The Morgan fingerprint density at radius 1 is 1.35 bits per heavy atom. The maximum absolute atomic E-state index is 11.3. The highest BCUT2D eigenvalue weighted by molar-refractivity contribution is 5.97. The molecule has 1 aromatic carbocycles. The number of aromatic nitrogens is 1. The summed E-state index contributed by atoms with van der Waals surface area (Å²) in [5.74, 6) is -0.976. The molecule has 0 amide bonds. The van der Waals surface area contributed by atoms with Crippen molar-refractivity contribution >= 4 is 22.6 Å². The van der Waals surface area contributed by atoms with Gasteiger partial charge in [0.15, 0.2) is 5.69 Å². The highest BCUT2D eigenvalue weighted by Gasteiger charge is 2.30. The lowest BCUT2D eigenvalue weighted by Crippen LogP contribution is -2.23. The smallest absolute Gasteiger partial charge is 0.354 e. The van der Waals surface area contributed by atoms with Crippen molar-refractivity contribution in [2.75, 3.05) is 18.0 Å². The maximum atomic E-state index is 11.3. The minimum Gasteiger partial charge on any atom is -0.477 e. The number of carboxylic acids is 1. The first-order chi connectivity index (χ1) is 9.46. The minimum absolute atomic E-state index is 0.114. The van der Waals surface area contributed by atoms with Crippen molar-refractivity contribution in [1.82, 2.24) is 4.98 Å². The quantitative estimate of drug-likeness (QED) is 0.910. The van der Waals surface area contributed by atoms with Crippen LogP contribution in [-0.4, -0.2) is 29.1 Å². The lowest BCUT2D eigenvalue weighted by molar-refractivity contribution is 0.0691. The third-order valence-electron chi connectivity index (χ3n) is 3.93. The van der Waals surface area contributed by atoms with Crippen LogP contribution in [0.4, 0.5) is 5.69 Å². The van der Waals surface area contributed by atoms with Crippen LogP contribution in [0, 0.1) is 5.41 Å². The Morgan fingerprint density at radius 2 is 2.10 bits per heavy atom. The van der Waals surface area contributed by atoms with E-state index in [4.69, 9.17) is 0 Å². The van der Waals surface area contributed by atoms with Crippen molar-refractivity contribution in [3.63, 3.8) is 0 Å². The van der Waals surface area contributed by atoms with E-state index in [9.17, 15) is 9.90 Å². The molecule has 0 atom stereocenters. The van der Waals surface area contributed by atoms with E-state index < -0.39 is 5.97 Å². The Bertz CT molecular complexity index is 679. The third-order valence-corrected chi connectivity index (χ3v) is 3.93. The molecule has 104 valence electrons. The van der Waals surface area contributed by atoms with E-state index in [1.54, 1.807) is 6.07 Å². The Kier molecular flexibility index (Phi) is 2.89. The van der Waals surface area contributed by atoms with Crippen LogP contribution in [0.3, 0.4) is 0 Å². The zero-order valence-electron chi connectivity index (χ0n) is 11.8. The van der Waals surface area contributed by atoms with Gasteiger partial charge in [-0.1, -0.05) is 32.0 Å². The van der Waals surface area contributed by atoms with E-state index in [0.29, 0.717) is 0 Å². The fraction of sp³-hybridized carbons (Fsp3) is 0.375. The van der Waals surface area contributed by atoms with Gasteiger partial charge in [-0.05, 0) is 24.0 Å². The van der Waals surface area contributed by atoms with Crippen LogP contribution in [0.15, 0.2) is 30.3 Å². The van der Waals surface area contributed by atoms with Crippen LogP contribution in [0.2, 0.25) is 0 Å². The number of nitrogens with zero attached hydrogens (tertiary/aromatic N) is 2. The summed E-state index contributed by atoms with van der Waals surface area (Å²) in [7, 11) is 0. The van der Waals surface area contributed by atoms with Crippen molar-refractivity contribution < 1.29 is 9.90 Å². The van der Waals surface area contributed by atoms with E-state index in [0.717, 1.165) is 36.1 Å². The number of aromatic carboxylic acids is 1. The Labute approximate surface area is 118 Å². The summed E-state index contributed by atoms with van der Waals surface area (Å²) in [4.78, 5) is 17.7. The summed E-state index contributed by atoms with van der Waals surface area (Å²) < 4.78 is 0. The monoisotopic (exact) mass is 270 g/mol. The molecule has 3 rings (SSSR count). The number of carboxylic acid groups (broad SMARTS) is 1. The first-order valence-electron chi connectivity index (χ1n) is 6.84. The molecule has 1 fully saturated rings. The number of para-hydroxylation sites is 1. The molecule has 1 saturated heterocycles. The molecule has 0 unspecified atom stereocenters. The topological polar surface area (TPSA) is 53.4 Å². The fourth-order valence-corrected chi connectivity index (χ4v) is 2.85. The maximum Gasteiger partial charge on any atom is 0.354 e. The van der Waals surface area contributed by atoms with Crippen LogP contribution in [-0.2, 0) is 0 Å². The van der Waals surface area contributed by atoms with Gasteiger partial charge in [0.2, 0.25) is 0 Å². The standard InChI is InChI=1S/C16H18N2O2/c1-16(2)7-8-18(10-16)14-9-13(15(19)20)17-12-6-4-3-5-11(12)14/h3-6,9H,7-8,10H2,1-2H3,(H,19,20). The van der Waals surface area contributed by atoms with Gasteiger partial charge in [-0.3, -0.25) is 0 Å². The largest absolute Gasteiger partial charge is 0.477 e. The van der Waals surface area contributed by atoms with Gasteiger partial charge in [0.05, 0.1) is 5.52 Å². The van der Waals surface area contributed by atoms with Crippen molar-refractivity contribution in [2.45, 2.75) is 20.3 Å². The van der Waals surface area contributed by atoms with Crippen LogP contribution < -0.4 is 4.90 Å². The Hall–Kier alpha value is -2.10. The highest BCUT2D eigenvalue weighted by Crippen LogP contribution is 2.35. The average molecular weight is 270 g/mol. The second-order valence-electron chi connectivity index (χ2n) is 6.18. The second-order valence-corrected chi connectivity index (χ2v) is 6.18. The predicted octanol–water partition coefficient (Wildman–Crippen LogP) is 3.17. The van der Waals surface area contributed by atoms with E-state index in [-0.39, 0.29) is 11.1 Å². The number of benzene rings is 1. The zero-order chi connectivity index (χ0) is 14.3. The molecule has 4 nitrogen and oxygen atoms in total. The SMILES string of the molecule is CC1(C)CCN(c2cc(C(=O)O)nc3ccccc23)C1. The van der Waals surface area contributed by atoms with Crippen LogP contribution in [0.1, 0.15) is 30.8 Å². The number of rotatable bonds is 2. The summed E-state index contributed by atoms with van der Waals surface area (Å²) >= 11 is 0. The van der Waals surface area contributed by atoms with E-state index >= 15 is 0 Å². The van der Waals surface area contributed by atoms with Crippen molar-refractivity contribution in [1.29, 1.82) is 0 Å². The van der Waals surface area contributed by atoms with Gasteiger partial charge in [-0.25, -0.2) is 9.78 Å². The van der Waals surface area contributed by atoms with Crippen molar-refractivity contribution in [3.05, 3.63) is 36.0 Å². The summed E-state index contributed by atoms with van der Waals surface area (Å²) in [6.45, 7) is 6.39. The number of carbonyl (C=O) groups is 1. The lowest BCUT2D eigenvalue weighted by Gasteiger charge is -2.23. The van der Waals surface area contributed by atoms with Gasteiger partial charge < -0.3 is 10.0 Å². The van der Waals surface area contributed by atoms with Crippen LogP contribution in [0.5, 0.6) is 0 Å². The van der Waals surface area contributed by atoms with Crippen molar-refractivity contribution in [3.8, 4) is 0 Å². The summed E-state index contributed by atoms with van der Waals surface area (Å²) in [6, 6.07) is 9.43. The highest BCUT2D eigenvalue weighted by atomic mass is 16.4. The summed E-state index contributed by atoms with van der Waals surface area (Å²) in [5.41, 5.74) is 2.11. The van der Waals surface area contributed by atoms with Gasteiger partial charge in [-0.15, -0.1) is 0 Å². The molecule has 0 radical (unpaired) electrons. The van der Waals surface area contributed by atoms with E-state index in [2.05, 4.69) is 23.7 Å². The van der Waals surface area contributed by atoms with Gasteiger partial charge in [0.25, 0.3) is 0 Å². The van der Waals surface area contributed by atoms with Crippen LogP contribution in [0.25, 0.3) is 10.9 Å². The Morgan fingerprint density at radius 3 is 2.75 bits per heavy atom. The normalized spacial score (nSPS) is 17.6. The number of hydrogen-bond donors (Lipinski definition) is 1. The number of fused-ring (bicyclic) bond motifs is 1. The number of hydrogen-bond acceptors (Lipinski definition) is 3. The van der Waals surface area contributed by atoms with Gasteiger partial charge in [0, 0.05) is 24.2 Å². The number of pyridine rings is 1. The molecule has 0 aliphatic carbocycles. The summed E-state index contributed by atoms with van der Waals surface area (Å²) in [6.07, 6.45) is 1.12.